The minimum absolute atomic E-state index is 0.101. The molecule has 0 aliphatic heterocycles. The second kappa shape index (κ2) is 5.85. The van der Waals surface area contributed by atoms with Crippen LogP contribution in [0.3, 0.4) is 0 Å². The lowest BCUT2D eigenvalue weighted by Gasteiger charge is -2.11. The van der Waals surface area contributed by atoms with Crippen LogP contribution in [0.2, 0.25) is 0 Å². The Kier molecular flexibility index (Phi) is 4.75. The van der Waals surface area contributed by atoms with Crippen LogP contribution in [0, 0.1) is 5.92 Å². The third kappa shape index (κ3) is 4.00. The minimum atomic E-state index is 0.101. The van der Waals surface area contributed by atoms with Crippen molar-refractivity contribution in [2.45, 2.75) is 52.5 Å². The first-order chi connectivity index (χ1) is 7.13. The van der Waals surface area contributed by atoms with Gasteiger partial charge in [-0.25, -0.2) is 0 Å². The smallest absolute Gasteiger partial charge is 0.228 e. The van der Waals surface area contributed by atoms with E-state index in [1.807, 2.05) is 0 Å². The highest BCUT2D eigenvalue weighted by Gasteiger charge is 2.13. The molecule has 2 N–H and O–H groups in total. The molecule has 0 amide bonds. The van der Waals surface area contributed by atoms with E-state index in [0.29, 0.717) is 18.2 Å². The summed E-state index contributed by atoms with van der Waals surface area (Å²) in [5, 5.41) is 3.92. The molecular weight excluding hydrogens is 190 g/mol. The third-order valence-electron chi connectivity index (χ3n) is 2.53. The largest absolute Gasteiger partial charge is 0.339 e. The van der Waals surface area contributed by atoms with Crippen LogP contribution in [-0.4, -0.2) is 16.2 Å². The predicted octanol–water partition coefficient (Wildman–Crippen LogP) is 1.94. The first-order valence-corrected chi connectivity index (χ1v) is 5.70. The average Bonchev–Trinajstić information content (AvgIpc) is 2.62. The lowest BCUT2D eigenvalue weighted by atomic mass is 10.0. The molecule has 0 saturated carbocycles. The van der Waals surface area contributed by atoms with Crippen LogP contribution >= 0.6 is 0 Å². The zero-order valence-electron chi connectivity index (χ0n) is 9.86. The number of nitrogens with zero attached hydrogens (tertiary/aromatic N) is 2. The molecule has 0 bridgehead atoms. The van der Waals surface area contributed by atoms with Gasteiger partial charge in [-0.15, -0.1) is 0 Å². The summed E-state index contributed by atoms with van der Waals surface area (Å²) in [6.07, 6.45) is 3.83. The van der Waals surface area contributed by atoms with Crippen molar-refractivity contribution in [3.8, 4) is 0 Å². The van der Waals surface area contributed by atoms with Gasteiger partial charge in [-0.3, -0.25) is 0 Å². The molecule has 1 atom stereocenters. The van der Waals surface area contributed by atoms with E-state index in [-0.39, 0.29) is 6.04 Å². The Morgan fingerprint density at radius 2 is 2.13 bits per heavy atom. The number of unbranched alkanes of at least 4 members (excludes halogenated alkanes) is 1. The van der Waals surface area contributed by atoms with Crippen molar-refractivity contribution in [2.75, 3.05) is 0 Å². The fourth-order valence-electron chi connectivity index (χ4n) is 1.25. The van der Waals surface area contributed by atoms with E-state index in [1.165, 1.54) is 0 Å². The van der Waals surface area contributed by atoms with Crippen LogP contribution in [-0.2, 0) is 12.8 Å². The van der Waals surface area contributed by atoms with Crippen molar-refractivity contribution in [1.82, 2.24) is 10.1 Å². The van der Waals surface area contributed by atoms with Gasteiger partial charge in [0.1, 0.15) is 0 Å². The average molecular weight is 211 g/mol. The molecule has 0 saturated heterocycles. The van der Waals surface area contributed by atoms with Gasteiger partial charge >= 0.3 is 0 Å². The quantitative estimate of drug-likeness (QED) is 0.781. The predicted molar refractivity (Wildman–Crippen MR) is 59.4 cm³/mol. The number of aromatic nitrogens is 2. The number of aryl methyl sites for hydroxylation is 1. The van der Waals surface area contributed by atoms with Gasteiger partial charge in [0.2, 0.25) is 5.89 Å². The molecule has 1 aromatic heterocycles. The lowest BCUT2D eigenvalue weighted by Crippen LogP contribution is -2.28. The van der Waals surface area contributed by atoms with Gasteiger partial charge in [-0.2, -0.15) is 4.98 Å². The highest BCUT2D eigenvalue weighted by atomic mass is 16.5. The molecule has 15 heavy (non-hydrogen) atoms. The summed E-state index contributed by atoms with van der Waals surface area (Å²) < 4.78 is 5.14. The highest BCUT2D eigenvalue weighted by molar-refractivity contribution is 4.89. The van der Waals surface area contributed by atoms with E-state index >= 15 is 0 Å². The Morgan fingerprint density at radius 3 is 2.73 bits per heavy atom. The van der Waals surface area contributed by atoms with Crippen LogP contribution in [0.15, 0.2) is 4.52 Å². The van der Waals surface area contributed by atoms with E-state index in [4.69, 9.17) is 10.3 Å². The highest BCUT2D eigenvalue weighted by Crippen LogP contribution is 2.08. The normalized spacial score (nSPS) is 13.4. The van der Waals surface area contributed by atoms with Gasteiger partial charge in [0.15, 0.2) is 5.82 Å². The molecule has 1 aromatic rings. The zero-order chi connectivity index (χ0) is 11.3. The molecule has 1 heterocycles. The molecule has 0 radical (unpaired) electrons. The van der Waals surface area contributed by atoms with Crippen LogP contribution in [0.5, 0.6) is 0 Å². The van der Waals surface area contributed by atoms with Crippen LogP contribution < -0.4 is 5.73 Å². The van der Waals surface area contributed by atoms with Gasteiger partial charge in [0.05, 0.1) is 0 Å². The molecule has 1 unspecified atom stereocenters. The maximum Gasteiger partial charge on any atom is 0.228 e. The van der Waals surface area contributed by atoms with Gasteiger partial charge in [-0.05, 0) is 12.3 Å². The van der Waals surface area contributed by atoms with Crippen molar-refractivity contribution < 1.29 is 4.52 Å². The lowest BCUT2D eigenvalue weighted by molar-refractivity contribution is 0.349. The minimum Gasteiger partial charge on any atom is -0.339 e. The van der Waals surface area contributed by atoms with Crippen molar-refractivity contribution in [3.05, 3.63) is 11.7 Å². The molecule has 0 aliphatic carbocycles. The topological polar surface area (TPSA) is 64.9 Å². The molecule has 0 fully saturated rings. The Balaban J connectivity index is 2.45. The SMILES string of the molecule is CCCCc1noc(CC(N)C(C)C)n1. The summed E-state index contributed by atoms with van der Waals surface area (Å²) >= 11 is 0. The van der Waals surface area contributed by atoms with Crippen LogP contribution in [0.25, 0.3) is 0 Å². The Bertz CT molecular complexity index is 283. The van der Waals surface area contributed by atoms with Crippen molar-refractivity contribution in [1.29, 1.82) is 0 Å². The van der Waals surface area contributed by atoms with Gasteiger partial charge in [0.25, 0.3) is 0 Å². The molecule has 0 spiro atoms. The van der Waals surface area contributed by atoms with Gasteiger partial charge < -0.3 is 10.3 Å². The Morgan fingerprint density at radius 1 is 1.40 bits per heavy atom. The number of hydrogen-bond acceptors (Lipinski definition) is 4. The second-order valence-electron chi connectivity index (χ2n) is 4.32. The number of nitrogens with two attached hydrogens (primary N) is 1. The zero-order valence-corrected chi connectivity index (χ0v) is 9.86. The van der Waals surface area contributed by atoms with E-state index in [9.17, 15) is 0 Å². The van der Waals surface area contributed by atoms with Crippen molar-refractivity contribution >= 4 is 0 Å². The van der Waals surface area contributed by atoms with E-state index < -0.39 is 0 Å². The third-order valence-corrected chi connectivity index (χ3v) is 2.53. The molecule has 86 valence electrons. The number of rotatable bonds is 6. The standard InChI is InChI=1S/C11H21N3O/c1-4-5-6-10-13-11(15-14-10)7-9(12)8(2)3/h8-9H,4-7,12H2,1-3H3. The monoisotopic (exact) mass is 211 g/mol. The Labute approximate surface area is 91.2 Å². The molecule has 4 nitrogen and oxygen atoms in total. The fraction of sp³-hybridized carbons (Fsp3) is 0.818. The maximum absolute atomic E-state index is 5.93. The summed E-state index contributed by atoms with van der Waals surface area (Å²) in [5.74, 6) is 1.92. The first kappa shape index (κ1) is 12.2. The molecular formula is C11H21N3O. The molecule has 0 aromatic carbocycles. The van der Waals surface area contributed by atoms with Gasteiger partial charge in [-0.1, -0.05) is 32.3 Å². The first-order valence-electron chi connectivity index (χ1n) is 5.70. The van der Waals surface area contributed by atoms with Gasteiger partial charge in [0, 0.05) is 18.9 Å². The summed E-state index contributed by atoms with van der Waals surface area (Å²) in [6, 6.07) is 0.101. The molecule has 0 aliphatic rings. The number of hydrogen-bond donors (Lipinski definition) is 1. The second-order valence-corrected chi connectivity index (χ2v) is 4.32. The van der Waals surface area contributed by atoms with Crippen LogP contribution in [0.1, 0.15) is 45.3 Å². The van der Waals surface area contributed by atoms with Crippen molar-refractivity contribution in [2.24, 2.45) is 11.7 Å². The van der Waals surface area contributed by atoms with E-state index in [1.54, 1.807) is 0 Å². The Hall–Kier alpha value is -0.900. The summed E-state index contributed by atoms with van der Waals surface area (Å²) in [7, 11) is 0. The van der Waals surface area contributed by atoms with Crippen molar-refractivity contribution in [3.63, 3.8) is 0 Å². The fourth-order valence-corrected chi connectivity index (χ4v) is 1.25. The maximum atomic E-state index is 5.93. The molecule has 1 rings (SSSR count). The van der Waals surface area contributed by atoms with E-state index in [0.717, 1.165) is 25.1 Å². The summed E-state index contributed by atoms with van der Waals surface area (Å²) in [5.41, 5.74) is 5.93. The van der Waals surface area contributed by atoms with Crippen LogP contribution in [0.4, 0.5) is 0 Å². The van der Waals surface area contributed by atoms with E-state index in [2.05, 4.69) is 30.9 Å². The summed E-state index contributed by atoms with van der Waals surface area (Å²) in [4.78, 5) is 4.31. The molecule has 4 heteroatoms. The summed E-state index contributed by atoms with van der Waals surface area (Å²) in [6.45, 7) is 6.34.